The summed E-state index contributed by atoms with van der Waals surface area (Å²) in [6.45, 7) is 1.19. The van der Waals surface area contributed by atoms with Crippen LogP contribution in [-0.2, 0) is 16.0 Å². The number of nitrogens with one attached hydrogen (secondary N) is 1. The predicted molar refractivity (Wildman–Crippen MR) is 50.7 cm³/mol. The second-order valence-electron chi connectivity index (χ2n) is 3.18. The highest BCUT2D eigenvalue weighted by molar-refractivity contribution is 5.82. The van der Waals surface area contributed by atoms with Crippen molar-refractivity contribution in [2.75, 3.05) is 13.2 Å². The summed E-state index contributed by atoms with van der Waals surface area (Å²) >= 11 is 0. The van der Waals surface area contributed by atoms with Crippen molar-refractivity contribution in [3.8, 4) is 0 Å². The van der Waals surface area contributed by atoms with Crippen LogP contribution in [0.3, 0.4) is 0 Å². The molecule has 2 rings (SSSR count). The summed E-state index contributed by atoms with van der Waals surface area (Å²) < 4.78 is 4.85. The van der Waals surface area contributed by atoms with Gasteiger partial charge >= 0.3 is 0 Å². The highest BCUT2D eigenvalue weighted by Crippen LogP contribution is 2.07. The van der Waals surface area contributed by atoms with Crippen molar-refractivity contribution in [3.63, 3.8) is 0 Å². The molecule has 1 saturated heterocycles. The lowest BCUT2D eigenvalue weighted by molar-refractivity contribution is -0.122. The summed E-state index contributed by atoms with van der Waals surface area (Å²) in [6.07, 6.45) is 2.32. The number of aromatic nitrogens is 1. The Morgan fingerprint density at radius 2 is 2.50 bits per heavy atom. The van der Waals surface area contributed by atoms with E-state index in [1.807, 2.05) is 18.2 Å². The van der Waals surface area contributed by atoms with Crippen molar-refractivity contribution >= 4 is 5.91 Å². The van der Waals surface area contributed by atoms with Crippen molar-refractivity contribution in [1.82, 2.24) is 10.3 Å². The first-order valence-electron chi connectivity index (χ1n) is 4.65. The Morgan fingerprint density at radius 1 is 1.64 bits per heavy atom. The minimum Gasteiger partial charge on any atom is -0.363 e. The SMILES string of the molecule is O=C(NCCc1ccccn1)C1CO1. The van der Waals surface area contributed by atoms with Gasteiger partial charge in [0.05, 0.1) is 6.61 Å². The lowest BCUT2D eigenvalue weighted by Gasteiger charge is -2.01. The standard InChI is InChI=1S/C10H12N2O2/c13-10(9-7-14-9)12-6-4-8-3-1-2-5-11-8/h1-3,5,9H,4,6-7H2,(H,12,13). The van der Waals surface area contributed by atoms with E-state index in [0.29, 0.717) is 13.2 Å². The molecule has 0 spiro atoms. The first-order valence-corrected chi connectivity index (χ1v) is 4.65. The van der Waals surface area contributed by atoms with Crippen LogP contribution in [0.1, 0.15) is 5.69 Å². The predicted octanol–water partition coefficient (Wildman–Crippen LogP) is 0.139. The molecule has 4 nitrogen and oxygen atoms in total. The van der Waals surface area contributed by atoms with Crippen molar-refractivity contribution in [2.45, 2.75) is 12.5 Å². The third-order valence-electron chi connectivity index (χ3n) is 2.03. The van der Waals surface area contributed by atoms with Crippen molar-refractivity contribution < 1.29 is 9.53 Å². The lowest BCUT2D eigenvalue weighted by Crippen LogP contribution is -2.29. The molecule has 0 radical (unpaired) electrons. The van der Waals surface area contributed by atoms with E-state index in [1.165, 1.54) is 0 Å². The first-order chi connectivity index (χ1) is 6.86. The minimum absolute atomic E-state index is 0.0130. The maximum atomic E-state index is 11.1. The van der Waals surface area contributed by atoms with E-state index >= 15 is 0 Å². The largest absolute Gasteiger partial charge is 0.363 e. The minimum atomic E-state index is -0.196. The monoisotopic (exact) mass is 192 g/mol. The number of rotatable bonds is 4. The quantitative estimate of drug-likeness (QED) is 0.690. The van der Waals surface area contributed by atoms with Gasteiger partial charge in [-0.1, -0.05) is 6.07 Å². The van der Waals surface area contributed by atoms with Crippen LogP contribution in [-0.4, -0.2) is 30.1 Å². The molecule has 1 aromatic heterocycles. The number of amides is 1. The molecule has 1 aliphatic rings. The fourth-order valence-electron chi connectivity index (χ4n) is 1.17. The van der Waals surface area contributed by atoms with E-state index in [2.05, 4.69) is 10.3 Å². The van der Waals surface area contributed by atoms with Crippen LogP contribution < -0.4 is 5.32 Å². The van der Waals surface area contributed by atoms with Gasteiger partial charge in [-0.05, 0) is 12.1 Å². The van der Waals surface area contributed by atoms with Gasteiger partial charge in [0.15, 0.2) is 6.10 Å². The van der Waals surface area contributed by atoms with E-state index in [4.69, 9.17) is 4.74 Å². The Bertz CT molecular complexity index is 309. The van der Waals surface area contributed by atoms with Crippen LogP contribution >= 0.6 is 0 Å². The molecule has 4 heteroatoms. The zero-order valence-corrected chi connectivity index (χ0v) is 7.77. The van der Waals surface area contributed by atoms with Crippen molar-refractivity contribution in [3.05, 3.63) is 30.1 Å². The summed E-state index contributed by atoms with van der Waals surface area (Å²) in [5.41, 5.74) is 0.990. The highest BCUT2D eigenvalue weighted by Gasteiger charge is 2.30. The number of pyridine rings is 1. The van der Waals surface area contributed by atoms with E-state index in [-0.39, 0.29) is 12.0 Å². The average Bonchev–Trinajstić information content (AvgIpc) is 3.02. The van der Waals surface area contributed by atoms with Gasteiger partial charge in [0.1, 0.15) is 0 Å². The molecular weight excluding hydrogens is 180 g/mol. The number of epoxide rings is 1. The summed E-state index contributed by atoms with van der Waals surface area (Å²) in [6, 6.07) is 5.76. The zero-order chi connectivity index (χ0) is 9.80. The van der Waals surface area contributed by atoms with E-state index in [0.717, 1.165) is 12.1 Å². The number of nitrogens with zero attached hydrogens (tertiary/aromatic N) is 1. The van der Waals surface area contributed by atoms with Crippen molar-refractivity contribution in [1.29, 1.82) is 0 Å². The van der Waals surface area contributed by atoms with Crippen LogP contribution in [0.4, 0.5) is 0 Å². The summed E-state index contributed by atoms with van der Waals surface area (Å²) in [7, 11) is 0. The Kier molecular flexibility index (Phi) is 2.74. The van der Waals surface area contributed by atoms with Crippen LogP contribution in [0.25, 0.3) is 0 Å². The Labute approximate surface area is 82.3 Å². The lowest BCUT2D eigenvalue weighted by atomic mass is 10.2. The van der Waals surface area contributed by atoms with E-state index < -0.39 is 0 Å². The molecule has 1 aliphatic heterocycles. The van der Waals surface area contributed by atoms with Gasteiger partial charge in [-0.15, -0.1) is 0 Å². The molecule has 1 fully saturated rings. The maximum absolute atomic E-state index is 11.1. The summed E-state index contributed by atoms with van der Waals surface area (Å²) in [5, 5.41) is 2.79. The molecule has 74 valence electrons. The molecule has 1 atom stereocenters. The number of carbonyl (C=O) groups excluding carboxylic acids is 1. The van der Waals surface area contributed by atoms with E-state index in [1.54, 1.807) is 6.20 Å². The number of hydrogen-bond acceptors (Lipinski definition) is 3. The smallest absolute Gasteiger partial charge is 0.251 e. The van der Waals surface area contributed by atoms with Gasteiger partial charge in [-0.25, -0.2) is 0 Å². The number of hydrogen-bond donors (Lipinski definition) is 1. The third-order valence-corrected chi connectivity index (χ3v) is 2.03. The van der Waals surface area contributed by atoms with Gasteiger partial charge < -0.3 is 10.1 Å². The molecule has 1 unspecified atom stereocenters. The molecule has 0 saturated carbocycles. The molecule has 1 aromatic rings. The number of carbonyl (C=O) groups is 1. The van der Waals surface area contributed by atoms with Gasteiger partial charge in [0.25, 0.3) is 5.91 Å². The maximum Gasteiger partial charge on any atom is 0.251 e. The first kappa shape index (κ1) is 9.15. The molecule has 0 bridgehead atoms. The molecule has 0 aliphatic carbocycles. The van der Waals surface area contributed by atoms with Gasteiger partial charge in [-0.2, -0.15) is 0 Å². The number of ether oxygens (including phenoxy) is 1. The third kappa shape index (κ3) is 2.53. The summed E-state index contributed by atoms with van der Waals surface area (Å²) in [5.74, 6) is -0.0130. The van der Waals surface area contributed by atoms with Crippen molar-refractivity contribution in [2.24, 2.45) is 0 Å². The van der Waals surface area contributed by atoms with Crippen LogP contribution in [0.2, 0.25) is 0 Å². The topological polar surface area (TPSA) is 54.5 Å². The molecule has 1 N–H and O–H groups in total. The molecule has 0 aromatic carbocycles. The van der Waals surface area contributed by atoms with Crippen LogP contribution in [0.5, 0.6) is 0 Å². The Balaban J connectivity index is 1.70. The average molecular weight is 192 g/mol. The van der Waals surface area contributed by atoms with Gasteiger partial charge in [-0.3, -0.25) is 9.78 Å². The molecule has 2 heterocycles. The normalized spacial score (nSPS) is 19.0. The molecule has 14 heavy (non-hydrogen) atoms. The Morgan fingerprint density at radius 3 is 3.14 bits per heavy atom. The second kappa shape index (κ2) is 4.19. The van der Waals surface area contributed by atoms with Crippen LogP contribution in [0, 0.1) is 0 Å². The fourth-order valence-corrected chi connectivity index (χ4v) is 1.17. The molecule has 1 amide bonds. The summed E-state index contributed by atoms with van der Waals surface area (Å²) in [4.78, 5) is 15.3. The second-order valence-corrected chi connectivity index (χ2v) is 3.18. The van der Waals surface area contributed by atoms with Gasteiger partial charge in [0.2, 0.25) is 0 Å². The molecular formula is C10H12N2O2. The van der Waals surface area contributed by atoms with E-state index in [9.17, 15) is 4.79 Å². The highest BCUT2D eigenvalue weighted by atomic mass is 16.6. The zero-order valence-electron chi connectivity index (χ0n) is 7.77. The van der Waals surface area contributed by atoms with Gasteiger partial charge in [0, 0.05) is 24.9 Å². The Hall–Kier alpha value is -1.42. The van der Waals surface area contributed by atoms with Crippen LogP contribution in [0.15, 0.2) is 24.4 Å². The fraction of sp³-hybridized carbons (Fsp3) is 0.400.